The summed E-state index contributed by atoms with van der Waals surface area (Å²) in [6, 6.07) is 49.0. The van der Waals surface area contributed by atoms with Gasteiger partial charge < -0.3 is 34.0 Å². The third-order valence-electron chi connectivity index (χ3n) is 9.16. The average molecular weight is 1270 g/mol. The van der Waals surface area contributed by atoms with Gasteiger partial charge in [-0.05, 0) is 87.6 Å². The molecular weight excluding hydrogens is 1230 g/mol. The summed E-state index contributed by atoms with van der Waals surface area (Å²) in [7, 11) is 2.00. The second-order valence-corrected chi connectivity index (χ2v) is 13.9. The maximum absolute atomic E-state index is 13.8. The van der Waals surface area contributed by atoms with Gasteiger partial charge >= 0.3 is 0 Å². The van der Waals surface area contributed by atoms with Crippen molar-refractivity contribution in [2.75, 3.05) is 14.2 Å². The SMILES string of the molecule is CO.CO.Cc1cc2c(-c3[c-]cc(F)cc3F)nccc2o1.Cc1cc2c(-c3ccc(F)cc3F)nccc2o1.Cc1cccc(-c2[c-]cccc2)n1.Cc1cccc(-c2[c-]cccc2)n1.[Ir].[Ir]. The number of halogens is 4. The van der Waals surface area contributed by atoms with Crippen LogP contribution in [-0.4, -0.2) is 44.4 Å². The van der Waals surface area contributed by atoms with Gasteiger partial charge in [-0.25, -0.2) is 8.78 Å². The Balaban J connectivity index is 0.000000234. The van der Waals surface area contributed by atoms with E-state index in [2.05, 4.69) is 38.1 Å². The number of nitrogens with zero attached hydrogens (tertiary/aromatic N) is 4. The van der Waals surface area contributed by atoms with Gasteiger partial charge in [0, 0.05) is 118 Å². The first-order chi connectivity index (χ1) is 32.0. The van der Waals surface area contributed by atoms with Crippen molar-refractivity contribution in [2.24, 2.45) is 0 Å². The molecule has 0 spiro atoms. The van der Waals surface area contributed by atoms with Gasteiger partial charge in [-0.15, -0.1) is 83.9 Å². The molecule has 0 aliphatic carbocycles. The molecule has 2 N–H and O–H groups in total. The molecule has 0 bridgehead atoms. The fraction of sp³-hybridized carbons (Fsp3) is 0.111. The van der Waals surface area contributed by atoms with Crippen molar-refractivity contribution in [3.05, 3.63) is 216 Å². The number of aliphatic hydroxyl groups excluding tert-OH is 2. The third kappa shape index (κ3) is 15.3. The fourth-order valence-electron chi connectivity index (χ4n) is 6.39. The van der Waals surface area contributed by atoms with E-state index >= 15 is 0 Å². The van der Waals surface area contributed by atoms with Gasteiger partial charge in [-0.3, -0.25) is 13.8 Å². The molecule has 0 saturated heterocycles. The summed E-state index contributed by atoms with van der Waals surface area (Å²) in [5, 5.41) is 15.4. The maximum atomic E-state index is 13.8. The van der Waals surface area contributed by atoms with E-state index in [9.17, 15) is 17.6 Å². The van der Waals surface area contributed by atoms with Gasteiger partial charge in [0.1, 0.15) is 34.3 Å². The Bertz CT molecular complexity index is 2890. The van der Waals surface area contributed by atoms with E-state index in [4.69, 9.17) is 19.0 Å². The van der Waals surface area contributed by atoms with Crippen molar-refractivity contribution in [2.45, 2.75) is 27.7 Å². The molecule has 0 aliphatic rings. The largest absolute Gasteiger partial charge is 0.462 e. The topological polar surface area (TPSA) is 118 Å². The van der Waals surface area contributed by atoms with Crippen LogP contribution in [0.1, 0.15) is 22.9 Å². The van der Waals surface area contributed by atoms with Crippen molar-refractivity contribution < 1.29 is 76.8 Å². The summed E-state index contributed by atoms with van der Waals surface area (Å²) in [4.78, 5) is 17.1. The van der Waals surface area contributed by atoms with Crippen LogP contribution in [0.25, 0.3) is 67.0 Å². The average Bonchev–Trinajstić information content (AvgIpc) is 3.93. The van der Waals surface area contributed by atoms with Crippen molar-refractivity contribution in [3.63, 3.8) is 0 Å². The number of pyridine rings is 4. The Hall–Kier alpha value is -6.50. The number of benzene rings is 4. The van der Waals surface area contributed by atoms with Gasteiger partial charge in [0.2, 0.25) is 0 Å². The van der Waals surface area contributed by atoms with E-state index in [1.54, 1.807) is 37.4 Å². The van der Waals surface area contributed by atoms with Crippen LogP contribution in [0, 0.1) is 69.2 Å². The molecule has 8 nitrogen and oxygen atoms in total. The first-order valence-electron chi connectivity index (χ1n) is 20.3. The molecule has 6 aromatic heterocycles. The van der Waals surface area contributed by atoms with E-state index in [1.165, 1.54) is 18.3 Å². The third-order valence-corrected chi connectivity index (χ3v) is 9.16. The normalized spacial score (nSPS) is 9.82. The molecule has 0 saturated carbocycles. The minimum atomic E-state index is -0.686. The number of aromatic nitrogens is 4. The summed E-state index contributed by atoms with van der Waals surface area (Å²) in [5.74, 6) is -1.15. The molecule has 0 amide bonds. The van der Waals surface area contributed by atoms with Crippen LogP contribution < -0.4 is 0 Å². The number of hydrogen-bond acceptors (Lipinski definition) is 8. The van der Waals surface area contributed by atoms with Gasteiger partial charge in [-0.2, -0.15) is 0 Å². The summed E-state index contributed by atoms with van der Waals surface area (Å²) >= 11 is 0. The second kappa shape index (κ2) is 28.0. The zero-order valence-corrected chi connectivity index (χ0v) is 42.4. The van der Waals surface area contributed by atoms with E-state index < -0.39 is 23.3 Å². The van der Waals surface area contributed by atoms with Gasteiger partial charge in [0.05, 0.1) is 5.69 Å². The molecule has 2 radical (unpaired) electrons. The molecule has 10 aromatic rings. The molecule has 14 heteroatoms. The molecule has 4 aromatic carbocycles. The van der Waals surface area contributed by atoms with Gasteiger partial charge in [0.15, 0.2) is 0 Å². The molecule has 0 unspecified atom stereocenters. The molecule has 354 valence electrons. The number of aliphatic hydroxyl groups is 2. The molecule has 0 aliphatic heterocycles. The smallest absolute Gasteiger partial charge is 0.137 e. The van der Waals surface area contributed by atoms with Crippen LogP contribution in [0.3, 0.4) is 0 Å². The van der Waals surface area contributed by atoms with Crippen LogP contribution in [0.5, 0.6) is 0 Å². The maximum Gasteiger partial charge on any atom is 0.137 e. The quantitative estimate of drug-likeness (QED) is 0.132. The molecule has 0 fully saturated rings. The minimum Gasteiger partial charge on any atom is -0.462 e. The van der Waals surface area contributed by atoms with E-state index in [0.29, 0.717) is 33.7 Å². The predicted molar refractivity (Wildman–Crippen MR) is 250 cm³/mol. The molecular formula is C54H45F4Ir2N4O4-3. The summed E-state index contributed by atoms with van der Waals surface area (Å²) in [6.45, 7) is 7.60. The molecule has 6 heterocycles. The zero-order chi connectivity index (χ0) is 47.6. The second-order valence-electron chi connectivity index (χ2n) is 13.9. The van der Waals surface area contributed by atoms with Crippen LogP contribution in [0.15, 0.2) is 161 Å². The predicted octanol–water partition coefficient (Wildman–Crippen LogP) is 12.9. The van der Waals surface area contributed by atoms with Gasteiger partial charge in [0.25, 0.3) is 0 Å². The number of hydrogen-bond donors (Lipinski definition) is 2. The first kappa shape index (κ1) is 55.8. The number of fused-ring (bicyclic) bond motifs is 2. The van der Waals surface area contributed by atoms with Crippen molar-refractivity contribution in [1.29, 1.82) is 0 Å². The Morgan fingerprint density at radius 2 is 0.971 bits per heavy atom. The molecule has 68 heavy (non-hydrogen) atoms. The first-order valence-corrected chi connectivity index (χ1v) is 20.3. The van der Waals surface area contributed by atoms with Crippen LogP contribution >= 0.6 is 0 Å². The number of rotatable bonds is 4. The minimum absolute atomic E-state index is 0. The Labute approximate surface area is 419 Å². The van der Waals surface area contributed by atoms with Crippen LogP contribution in [-0.2, 0) is 40.2 Å². The van der Waals surface area contributed by atoms with Gasteiger partial charge in [-0.1, -0.05) is 35.9 Å². The van der Waals surface area contributed by atoms with Crippen LogP contribution in [0.4, 0.5) is 17.6 Å². The zero-order valence-electron chi connectivity index (χ0n) is 37.6. The molecule has 0 atom stereocenters. The summed E-state index contributed by atoms with van der Waals surface area (Å²) in [6.07, 6.45) is 3.07. The number of furan rings is 2. The summed E-state index contributed by atoms with van der Waals surface area (Å²) < 4.78 is 64.2. The van der Waals surface area contributed by atoms with Crippen molar-refractivity contribution in [1.82, 2.24) is 19.9 Å². The monoisotopic (exact) mass is 1280 g/mol. The van der Waals surface area contributed by atoms with Crippen LogP contribution in [0.2, 0.25) is 0 Å². The van der Waals surface area contributed by atoms with E-state index in [-0.39, 0.29) is 51.3 Å². The Morgan fingerprint density at radius 1 is 0.485 bits per heavy atom. The fourth-order valence-corrected chi connectivity index (χ4v) is 6.39. The number of aryl methyl sites for hydroxylation is 4. The Kier molecular flexibility index (Phi) is 23.0. The standard InChI is InChI=1S/C14H9F2NO.C14H8F2NO.2C12H10N.2CH4O.2Ir/c2*1-8-6-11-13(18-8)4-5-17-14(11)10-3-2-9(15)7-12(10)16;2*1-10-6-5-9-12(13-10)11-7-3-2-4-8-11;2*1-2;;/h2-7H,1H3;2,4-7H,1H3;2*2-7,9H,1H3;2*2H,1H3;;/q;3*-1;;;;. The Morgan fingerprint density at radius 3 is 1.43 bits per heavy atom. The summed E-state index contributed by atoms with van der Waals surface area (Å²) in [5.41, 5.74) is 8.67. The van der Waals surface area contributed by atoms with Crippen molar-refractivity contribution >= 4 is 21.9 Å². The van der Waals surface area contributed by atoms with E-state index in [0.717, 1.165) is 77.5 Å². The molecule has 10 rings (SSSR count). The van der Waals surface area contributed by atoms with Crippen molar-refractivity contribution in [3.8, 4) is 45.0 Å². The van der Waals surface area contributed by atoms with E-state index in [1.807, 2.05) is 106 Å².